The van der Waals surface area contributed by atoms with Crippen LogP contribution in [0, 0.1) is 0 Å². The van der Waals surface area contributed by atoms with Crippen LogP contribution in [0.15, 0.2) is 84.8 Å². The van der Waals surface area contributed by atoms with Gasteiger partial charge in [-0.2, -0.15) is 5.10 Å². The van der Waals surface area contributed by atoms with Gasteiger partial charge in [-0.3, -0.25) is 0 Å². The fourth-order valence-electron chi connectivity index (χ4n) is 1.57. The second-order valence-corrected chi connectivity index (χ2v) is 4.57. The number of nitrogens with one attached hydrogen (secondary N) is 1. The van der Waals surface area contributed by atoms with Crippen LogP contribution >= 0.6 is 0 Å². The Bertz CT molecular complexity index is 599. The molecule has 0 fully saturated rings. The molecule has 0 saturated carbocycles. The van der Waals surface area contributed by atoms with E-state index in [4.69, 9.17) is 4.74 Å². The molecule has 1 amide bonds. The zero-order valence-corrected chi connectivity index (χ0v) is 17.1. The molecule has 0 saturated heterocycles. The number of rotatable bonds is 9. The first-order chi connectivity index (χ1) is 13.1. The van der Waals surface area contributed by atoms with Gasteiger partial charge >= 0.3 is 6.09 Å². The Morgan fingerprint density at radius 1 is 1.15 bits per heavy atom. The minimum Gasteiger partial charge on any atom is -0.445 e. The summed E-state index contributed by atoms with van der Waals surface area (Å²) < 4.78 is 5.10. The van der Waals surface area contributed by atoms with Crippen LogP contribution in [-0.4, -0.2) is 24.4 Å². The summed E-state index contributed by atoms with van der Waals surface area (Å²) in [5, 5.41) is 7.75. The molecule has 5 heteroatoms. The summed E-state index contributed by atoms with van der Waals surface area (Å²) in [5.74, 6) is 0. The summed E-state index contributed by atoms with van der Waals surface area (Å²) >= 11 is 0. The summed E-state index contributed by atoms with van der Waals surface area (Å²) in [5.41, 5.74) is 2.21. The third-order valence-electron chi connectivity index (χ3n) is 2.80. The van der Waals surface area contributed by atoms with Crippen molar-refractivity contribution in [2.24, 2.45) is 5.10 Å². The number of allylic oxidation sites excluding steroid dienone is 1. The van der Waals surface area contributed by atoms with Crippen LogP contribution in [0.2, 0.25) is 0 Å². The van der Waals surface area contributed by atoms with Crippen molar-refractivity contribution in [1.82, 2.24) is 10.3 Å². The number of alkyl carbamates (subject to hydrolysis) is 1. The number of carbonyl (C=O) groups excluding carboxylic acids is 1. The van der Waals surface area contributed by atoms with E-state index >= 15 is 0 Å². The van der Waals surface area contributed by atoms with Crippen LogP contribution in [0.25, 0.3) is 0 Å². The molecule has 5 nitrogen and oxygen atoms in total. The second-order valence-electron chi connectivity index (χ2n) is 4.57. The SMILES string of the molecule is C=CN(N=C)C(=C)/C=C\C(=C)CNC(=O)OCc1ccccc1.CC.CC. The van der Waals surface area contributed by atoms with Crippen molar-refractivity contribution in [3.8, 4) is 0 Å². The van der Waals surface area contributed by atoms with Gasteiger partial charge < -0.3 is 10.1 Å². The molecular weight excluding hydrogens is 338 g/mol. The van der Waals surface area contributed by atoms with E-state index in [9.17, 15) is 4.79 Å². The molecule has 0 aliphatic carbocycles. The van der Waals surface area contributed by atoms with Crippen molar-refractivity contribution in [3.05, 3.63) is 85.3 Å². The fraction of sp³-hybridized carbons (Fsp3) is 0.273. The van der Waals surface area contributed by atoms with Gasteiger partial charge in [0.25, 0.3) is 0 Å². The Morgan fingerprint density at radius 2 is 1.74 bits per heavy atom. The van der Waals surface area contributed by atoms with Crippen LogP contribution in [0.5, 0.6) is 0 Å². The average Bonchev–Trinajstić information content (AvgIpc) is 2.73. The van der Waals surface area contributed by atoms with E-state index in [0.29, 0.717) is 11.3 Å². The fourth-order valence-corrected chi connectivity index (χ4v) is 1.57. The maximum Gasteiger partial charge on any atom is 0.407 e. The zero-order chi connectivity index (χ0) is 21.1. The van der Waals surface area contributed by atoms with Gasteiger partial charge in [0.2, 0.25) is 0 Å². The monoisotopic (exact) mass is 371 g/mol. The molecule has 1 aromatic carbocycles. The summed E-state index contributed by atoms with van der Waals surface area (Å²) in [7, 11) is 0. The van der Waals surface area contributed by atoms with Gasteiger partial charge in [-0.1, -0.05) is 83.8 Å². The Morgan fingerprint density at radius 3 is 2.26 bits per heavy atom. The number of benzene rings is 1. The molecule has 1 N–H and O–H groups in total. The van der Waals surface area contributed by atoms with E-state index < -0.39 is 6.09 Å². The minimum atomic E-state index is -0.497. The number of carbonyl (C=O) groups is 1. The summed E-state index contributed by atoms with van der Waals surface area (Å²) in [6, 6.07) is 9.46. The molecule has 0 aliphatic heterocycles. The van der Waals surface area contributed by atoms with Gasteiger partial charge in [-0.25, -0.2) is 9.80 Å². The number of nitrogens with zero attached hydrogens (tertiary/aromatic N) is 2. The highest BCUT2D eigenvalue weighted by molar-refractivity contribution is 5.67. The van der Waals surface area contributed by atoms with Crippen molar-refractivity contribution in [2.45, 2.75) is 34.3 Å². The first kappa shape index (κ1) is 26.2. The van der Waals surface area contributed by atoms with Gasteiger partial charge in [0.1, 0.15) is 6.61 Å². The van der Waals surface area contributed by atoms with Crippen LogP contribution in [0.3, 0.4) is 0 Å². The predicted octanol–water partition coefficient (Wildman–Crippen LogP) is 5.65. The maximum absolute atomic E-state index is 11.6. The summed E-state index contributed by atoms with van der Waals surface area (Å²) in [6.07, 6.45) is 4.42. The molecule has 0 radical (unpaired) electrons. The van der Waals surface area contributed by atoms with Crippen LogP contribution in [0.4, 0.5) is 4.79 Å². The molecule has 27 heavy (non-hydrogen) atoms. The lowest BCUT2D eigenvalue weighted by atomic mass is 10.2. The average molecular weight is 372 g/mol. The van der Waals surface area contributed by atoms with E-state index in [2.05, 4.69) is 36.9 Å². The quantitative estimate of drug-likeness (QED) is 0.346. The highest BCUT2D eigenvalue weighted by atomic mass is 16.5. The smallest absolute Gasteiger partial charge is 0.407 e. The Balaban J connectivity index is 0. The lowest BCUT2D eigenvalue weighted by Gasteiger charge is -2.12. The van der Waals surface area contributed by atoms with Gasteiger partial charge in [0.05, 0.1) is 5.70 Å². The van der Waals surface area contributed by atoms with Crippen LogP contribution in [0.1, 0.15) is 33.3 Å². The van der Waals surface area contributed by atoms with Gasteiger partial charge in [0.15, 0.2) is 0 Å². The predicted molar refractivity (Wildman–Crippen MR) is 116 cm³/mol. The van der Waals surface area contributed by atoms with Gasteiger partial charge in [-0.15, -0.1) is 0 Å². The first-order valence-corrected chi connectivity index (χ1v) is 8.94. The van der Waals surface area contributed by atoms with Gasteiger partial charge in [-0.05, 0) is 17.2 Å². The van der Waals surface area contributed by atoms with Crippen molar-refractivity contribution in [1.29, 1.82) is 0 Å². The van der Waals surface area contributed by atoms with Crippen molar-refractivity contribution in [3.63, 3.8) is 0 Å². The standard InChI is InChI=1S/C18H21N3O2.2C2H6/c1-5-21(19-4)16(3)12-11-15(2)13-20-18(22)23-14-17-9-7-6-8-10-17;2*1-2/h5-12H,1-4,13-14H2,(H,20,22);2*1-2H3/b12-11-;;. The molecule has 0 bridgehead atoms. The van der Waals surface area contributed by atoms with E-state index in [1.54, 1.807) is 12.2 Å². The Hall–Kier alpha value is -3.08. The molecule has 148 valence electrons. The Kier molecular flexibility index (Phi) is 17.2. The molecule has 0 atom stereocenters. The molecule has 1 rings (SSSR count). The molecule has 1 aromatic rings. The lowest BCUT2D eigenvalue weighted by Crippen LogP contribution is -2.25. The number of hydrogen-bond acceptors (Lipinski definition) is 4. The van der Waals surface area contributed by atoms with Gasteiger partial charge in [0, 0.05) is 19.5 Å². The van der Waals surface area contributed by atoms with E-state index in [0.717, 1.165) is 5.56 Å². The number of hydrazone groups is 1. The molecule has 0 spiro atoms. The third kappa shape index (κ3) is 12.9. The number of hydrogen-bond donors (Lipinski definition) is 1. The molecule has 0 heterocycles. The lowest BCUT2D eigenvalue weighted by molar-refractivity contribution is 0.140. The highest BCUT2D eigenvalue weighted by Crippen LogP contribution is 2.05. The normalized spacial score (nSPS) is 8.89. The third-order valence-corrected chi connectivity index (χ3v) is 2.80. The van der Waals surface area contributed by atoms with Crippen LogP contribution < -0.4 is 5.32 Å². The number of amides is 1. The largest absolute Gasteiger partial charge is 0.445 e. The molecule has 0 aliphatic rings. The van der Waals surface area contributed by atoms with Crippen molar-refractivity contribution >= 4 is 12.8 Å². The molecule has 0 aromatic heterocycles. The van der Waals surface area contributed by atoms with E-state index in [1.807, 2.05) is 58.0 Å². The summed E-state index contributed by atoms with van der Waals surface area (Å²) in [6.45, 7) is 23.1. The van der Waals surface area contributed by atoms with E-state index in [1.165, 1.54) is 11.2 Å². The van der Waals surface area contributed by atoms with Crippen molar-refractivity contribution < 1.29 is 9.53 Å². The molecule has 0 unspecified atom stereocenters. The molecular formula is C22H33N3O2. The minimum absolute atomic E-state index is 0.227. The summed E-state index contributed by atoms with van der Waals surface area (Å²) in [4.78, 5) is 11.6. The Labute approximate surface area is 164 Å². The highest BCUT2D eigenvalue weighted by Gasteiger charge is 2.02. The van der Waals surface area contributed by atoms with Crippen molar-refractivity contribution in [2.75, 3.05) is 6.54 Å². The first-order valence-electron chi connectivity index (χ1n) is 8.94. The second kappa shape index (κ2) is 17.7. The topological polar surface area (TPSA) is 53.9 Å². The van der Waals surface area contributed by atoms with E-state index in [-0.39, 0.29) is 13.2 Å². The number of ether oxygens (including phenoxy) is 1. The maximum atomic E-state index is 11.6. The van der Waals surface area contributed by atoms with Crippen LogP contribution in [-0.2, 0) is 11.3 Å². The zero-order valence-electron chi connectivity index (χ0n) is 17.1.